The van der Waals surface area contributed by atoms with Crippen LogP contribution < -0.4 is 0 Å². The van der Waals surface area contributed by atoms with Crippen molar-refractivity contribution in [1.82, 2.24) is 4.90 Å². The second-order valence-electron chi connectivity index (χ2n) is 5.09. The van der Waals surface area contributed by atoms with Crippen LogP contribution in [-0.2, 0) is 11.3 Å². The standard InChI is InChI=1S/C13H12BrF4NO2/c14-9-2-1-8(5-10(9)15)6-19-4-3-12(7-19,11(20)21)13(16,17)18/h1-2,5H,3-4,6-7H2,(H,20,21). The third-order valence-electron chi connectivity index (χ3n) is 3.69. The Kier molecular flexibility index (Phi) is 4.30. The lowest BCUT2D eigenvalue weighted by Crippen LogP contribution is -2.47. The fraction of sp³-hybridized carbons (Fsp3) is 0.462. The molecular weight excluding hydrogens is 358 g/mol. The normalized spacial score (nSPS) is 23.5. The van der Waals surface area contributed by atoms with Crippen LogP contribution in [0.25, 0.3) is 0 Å². The van der Waals surface area contributed by atoms with Gasteiger partial charge in [0.15, 0.2) is 5.41 Å². The quantitative estimate of drug-likeness (QED) is 0.829. The summed E-state index contributed by atoms with van der Waals surface area (Å²) in [5.74, 6) is -2.37. The van der Waals surface area contributed by atoms with Crippen LogP contribution in [0, 0.1) is 11.2 Å². The topological polar surface area (TPSA) is 40.5 Å². The lowest BCUT2D eigenvalue weighted by molar-refractivity contribution is -0.227. The van der Waals surface area contributed by atoms with Crippen molar-refractivity contribution in [2.45, 2.75) is 19.1 Å². The minimum absolute atomic E-state index is 0.00347. The number of aliphatic carboxylic acids is 1. The molecule has 0 aliphatic carbocycles. The summed E-state index contributed by atoms with van der Waals surface area (Å²) in [7, 11) is 0. The molecule has 21 heavy (non-hydrogen) atoms. The number of carboxylic acid groups (broad SMARTS) is 1. The number of alkyl halides is 3. The van der Waals surface area contributed by atoms with Gasteiger partial charge in [-0.2, -0.15) is 13.2 Å². The van der Waals surface area contributed by atoms with Crippen LogP contribution in [0.2, 0.25) is 0 Å². The lowest BCUT2D eigenvalue weighted by Gasteiger charge is -2.27. The Morgan fingerprint density at radius 3 is 2.57 bits per heavy atom. The van der Waals surface area contributed by atoms with E-state index in [1.165, 1.54) is 17.0 Å². The first-order chi connectivity index (χ1) is 9.65. The van der Waals surface area contributed by atoms with Crippen molar-refractivity contribution >= 4 is 21.9 Å². The minimum atomic E-state index is -4.81. The molecule has 1 atom stereocenters. The second kappa shape index (κ2) is 5.57. The molecule has 8 heteroatoms. The van der Waals surface area contributed by atoms with Gasteiger partial charge in [-0.3, -0.25) is 9.69 Å². The van der Waals surface area contributed by atoms with Crippen molar-refractivity contribution in [2.75, 3.05) is 13.1 Å². The molecule has 0 spiro atoms. The molecule has 0 saturated carbocycles. The third kappa shape index (κ3) is 3.06. The molecule has 1 unspecified atom stereocenters. The van der Waals surface area contributed by atoms with Gasteiger partial charge < -0.3 is 5.11 Å². The molecule has 3 nitrogen and oxygen atoms in total. The number of hydrogen-bond donors (Lipinski definition) is 1. The van der Waals surface area contributed by atoms with E-state index < -0.39 is 36.3 Å². The predicted molar refractivity (Wildman–Crippen MR) is 70.1 cm³/mol. The summed E-state index contributed by atoms with van der Waals surface area (Å²) >= 11 is 2.99. The van der Waals surface area contributed by atoms with Gasteiger partial charge in [0, 0.05) is 19.6 Å². The number of nitrogens with zero attached hydrogens (tertiary/aromatic N) is 1. The zero-order chi connectivity index (χ0) is 15.8. The first kappa shape index (κ1) is 16.2. The number of halogens is 5. The van der Waals surface area contributed by atoms with Gasteiger partial charge in [-0.15, -0.1) is 0 Å². The number of carbonyl (C=O) groups is 1. The van der Waals surface area contributed by atoms with Gasteiger partial charge >= 0.3 is 12.1 Å². The Hall–Kier alpha value is -1.15. The van der Waals surface area contributed by atoms with Crippen LogP contribution in [0.15, 0.2) is 22.7 Å². The van der Waals surface area contributed by atoms with Crippen molar-refractivity contribution in [3.63, 3.8) is 0 Å². The molecule has 1 saturated heterocycles. The molecule has 0 bridgehead atoms. The van der Waals surface area contributed by atoms with E-state index in [0.717, 1.165) is 0 Å². The number of likely N-dealkylation sites (tertiary alicyclic amines) is 1. The fourth-order valence-electron chi connectivity index (χ4n) is 2.45. The highest BCUT2D eigenvalue weighted by Gasteiger charge is 2.63. The fourth-order valence-corrected chi connectivity index (χ4v) is 2.69. The molecule has 0 radical (unpaired) electrons. The summed E-state index contributed by atoms with van der Waals surface area (Å²) in [6.07, 6.45) is -5.30. The van der Waals surface area contributed by atoms with Gasteiger partial charge in [0.1, 0.15) is 5.82 Å². The van der Waals surface area contributed by atoms with Crippen molar-refractivity contribution < 1.29 is 27.5 Å². The smallest absolute Gasteiger partial charge is 0.406 e. The van der Waals surface area contributed by atoms with Gasteiger partial charge in [-0.1, -0.05) is 6.07 Å². The van der Waals surface area contributed by atoms with Crippen LogP contribution >= 0.6 is 15.9 Å². The maximum absolute atomic E-state index is 13.4. The Bertz CT molecular complexity index is 564. The van der Waals surface area contributed by atoms with Gasteiger partial charge in [0.25, 0.3) is 0 Å². The molecule has 1 heterocycles. The molecule has 1 N–H and O–H groups in total. The molecular formula is C13H12BrF4NO2. The summed E-state index contributed by atoms with van der Waals surface area (Å²) in [4.78, 5) is 12.4. The first-order valence-corrected chi connectivity index (χ1v) is 6.91. The van der Waals surface area contributed by atoms with Crippen LogP contribution in [0.1, 0.15) is 12.0 Å². The summed E-state index contributed by atoms with van der Waals surface area (Å²) < 4.78 is 52.7. The summed E-state index contributed by atoms with van der Waals surface area (Å²) in [5, 5.41) is 8.95. The average molecular weight is 370 g/mol. The highest BCUT2D eigenvalue weighted by Crippen LogP contribution is 2.46. The van der Waals surface area contributed by atoms with E-state index in [4.69, 9.17) is 5.11 Å². The van der Waals surface area contributed by atoms with E-state index >= 15 is 0 Å². The zero-order valence-electron chi connectivity index (χ0n) is 10.8. The zero-order valence-corrected chi connectivity index (χ0v) is 12.3. The van der Waals surface area contributed by atoms with E-state index in [1.807, 2.05) is 0 Å². The number of benzene rings is 1. The average Bonchev–Trinajstić information content (AvgIpc) is 2.79. The highest BCUT2D eigenvalue weighted by atomic mass is 79.9. The summed E-state index contributed by atoms with van der Waals surface area (Å²) in [5.41, 5.74) is -2.24. The van der Waals surface area contributed by atoms with E-state index in [1.54, 1.807) is 6.07 Å². The lowest BCUT2D eigenvalue weighted by atomic mass is 9.86. The van der Waals surface area contributed by atoms with Gasteiger partial charge in [0.2, 0.25) is 0 Å². The van der Waals surface area contributed by atoms with Gasteiger partial charge in [0.05, 0.1) is 4.47 Å². The van der Waals surface area contributed by atoms with Crippen LogP contribution in [0.4, 0.5) is 17.6 Å². The van der Waals surface area contributed by atoms with Crippen molar-refractivity contribution in [3.8, 4) is 0 Å². The molecule has 1 aromatic carbocycles. The molecule has 1 fully saturated rings. The molecule has 2 rings (SSSR count). The Labute approximate surface area is 126 Å². The molecule has 1 aliphatic heterocycles. The summed E-state index contributed by atoms with van der Waals surface area (Å²) in [6, 6.07) is 4.27. The molecule has 0 aromatic heterocycles. The van der Waals surface area contributed by atoms with Crippen LogP contribution in [-0.4, -0.2) is 35.2 Å². The van der Waals surface area contributed by atoms with E-state index in [0.29, 0.717) is 5.56 Å². The van der Waals surface area contributed by atoms with Crippen molar-refractivity contribution in [3.05, 3.63) is 34.1 Å². The maximum Gasteiger partial charge on any atom is 0.406 e. The Morgan fingerprint density at radius 2 is 2.10 bits per heavy atom. The molecule has 0 amide bonds. The van der Waals surface area contributed by atoms with Crippen LogP contribution in [0.5, 0.6) is 0 Å². The summed E-state index contributed by atoms with van der Waals surface area (Å²) in [6.45, 7) is -0.539. The first-order valence-electron chi connectivity index (χ1n) is 6.12. The Balaban J connectivity index is 2.14. The molecule has 116 valence electrons. The molecule has 1 aliphatic rings. The van der Waals surface area contributed by atoms with Crippen molar-refractivity contribution in [1.29, 1.82) is 0 Å². The highest BCUT2D eigenvalue weighted by molar-refractivity contribution is 9.10. The Morgan fingerprint density at radius 1 is 1.43 bits per heavy atom. The van der Waals surface area contributed by atoms with Gasteiger partial charge in [-0.05, 0) is 40.0 Å². The van der Waals surface area contributed by atoms with E-state index in [2.05, 4.69) is 15.9 Å². The third-order valence-corrected chi connectivity index (χ3v) is 4.33. The van der Waals surface area contributed by atoms with E-state index in [9.17, 15) is 22.4 Å². The number of hydrogen-bond acceptors (Lipinski definition) is 2. The predicted octanol–water partition coefficient (Wildman–Crippen LogP) is 3.43. The van der Waals surface area contributed by atoms with Crippen LogP contribution in [0.3, 0.4) is 0 Å². The van der Waals surface area contributed by atoms with Gasteiger partial charge in [-0.25, -0.2) is 4.39 Å². The second-order valence-corrected chi connectivity index (χ2v) is 5.95. The SMILES string of the molecule is O=C(O)C1(C(F)(F)F)CCN(Cc2ccc(Br)c(F)c2)C1. The number of carboxylic acids is 1. The van der Waals surface area contributed by atoms with Crippen molar-refractivity contribution in [2.24, 2.45) is 5.41 Å². The monoisotopic (exact) mass is 369 g/mol. The largest absolute Gasteiger partial charge is 0.481 e. The maximum atomic E-state index is 13.4. The van der Waals surface area contributed by atoms with E-state index in [-0.39, 0.29) is 17.6 Å². The number of rotatable bonds is 3. The minimum Gasteiger partial charge on any atom is -0.481 e. The molecule has 1 aromatic rings.